The number of hydrogen-bond donors (Lipinski definition) is 2. The molecule has 1 heterocycles. The minimum absolute atomic E-state index is 0.0241. The highest BCUT2D eigenvalue weighted by Gasteiger charge is 2.25. The van der Waals surface area contributed by atoms with Gasteiger partial charge in [-0.2, -0.15) is 0 Å². The maximum Gasteiger partial charge on any atom is 0.407 e. The van der Waals surface area contributed by atoms with Crippen LogP contribution in [0.5, 0.6) is 0 Å². The van der Waals surface area contributed by atoms with Crippen LogP contribution in [0.1, 0.15) is 36.7 Å². The van der Waals surface area contributed by atoms with Crippen molar-refractivity contribution < 1.29 is 23.1 Å². The molecule has 3 rings (SSSR count). The molecule has 174 valence electrons. The lowest BCUT2D eigenvalue weighted by Gasteiger charge is -2.27. The van der Waals surface area contributed by atoms with Gasteiger partial charge in [0, 0.05) is 18.3 Å². The third-order valence-corrected chi connectivity index (χ3v) is 6.57. The fraction of sp³-hybridized carbons (Fsp3) is 0.250. The minimum Gasteiger partial charge on any atom is -0.465 e. The molecule has 0 saturated heterocycles. The third kappa shape index (κ3) is 5.61. The van der Waals surface area contributed by atoms with Gasteiger partial charge in [-0.15, -0.1) is 0 Å². The van der Waals surface area contributed by atoms with Crippen LogP contribution in [-0.4, -0.2) is 40.9 Å². The summed E-state index contributed by atoms with van der Waals surface area (Å²) in [5.74, 6) is -0.734. The zero-order valence-corrected chi connectivity index (χ0v) is 19.5. The van der Waals surface area contributed by atoms with E-state index >= 15 is 0 Å². The first-order valence-corrected chi connectivity index (χ1v) is 11.7. The average Bonchev–Trinajstić information content (AvgIpc) is 3.18. The molecular weight excluding hydrogens is 442 g/mol. The number of amides is 2. The van der Waals surface area contributed by atoms with Crippen molar-refractivity contribution in [3.63, 3.8) is 0 Å². The molecule has 2 amide bonds. The summed E-state index contributed by atoms with van der Waals surface area (Å²) < 4.78 is 28.2. The predicted molar refractivity (Wildman–Crippen MR) is 125 cm³/mol. The monoisotopic (exact) mass is 469 g/mol. The molecule has 2 aromatic carbocycles. The number of primary amides is 1. The van der Waals surface area contributed by atoms with E-state index < -0.39 is 22.0 Å². The number of benzene rings is 2. The first-order chi connectivity index (χ1) is 15.4. The summed E-state index contributed by atoms with van der Waals surface area (Å²) in [5.41, 5.74) is 6.68. The van der Waals surface area contributed by atoms with Crippen LogP contribution in [0.2, 0.25) is 0 Å². The van der Waals surface area contributed by atoms with Crippen molar-refractivity contribution in [2.45, 2.75) is 32.2 Å². The molecule has 0 aliphatic carbocycles. The molecule has 0 bridgehead atoms. The topological polar surface area (TPSA) is 123 Å². The first kappa shape index (κ1) is 24.1. The van der Waals surface area contributed by atoms with E-state index in [2.05, 4.69) is 0 Å². The summed E-state index contributed by atoms with van der Waals surface area (Å²) in [4.78, 5) is 24.6. The Morgan fingerprint density at radius 2 is 1.70 bits per heavy atom. The smallest absolute Gasteiger partial charge is 0.407 e. The molecule has 3 aromatic rings. The predicted octanol–water partition coefficient (Wildman–Crippen LogP) is 4.02. The maximum absolute atomic E-state index is 13.5. The van der Waals surface area contributed by atoms with Gasteiger partial charge < -0.3 is 15.7 Å². The van der Waals surface area contributed by atoms with E-state index in [-0.39, 0.29) is 29.0 Å². The molecule has 0 unspecified atom stereocenters. The van der Waals surface area contributed by atoms with E-state index in [4.69, 9.17) is 5.73 Å². The van der Waals surface area contributed by atoms with Gasteiger partial charge in [0.1, 0.15) is 0 Å². The van der Waals surface area contributed by atoms with Crippen molar-refractivity contribution in [3.8, 4) is 11.3 Å². The Morgan fingerprint density at radius 1 is 1.03 bits per heavy atom. The Bertz CT molecular complexity index is 1270. The van der Waals surface area contributed by atoms with Gasteiger partial charge in [-0.1, -0.05) is 57.2 Å². The van der Waals surface area contributed by atoms with Gasteiger partial charge in [0.2, 0.25) is 5.91 Å². The van der Waals surface area contributed by atoms with Gasteiger partial charge in [0.25, 0.3) is 10.0 Å². The SMILES string of the molecule is CC(C)(C)CN(Cc1cc(-c2ccccc2)n(S(=O)(=O)c2cccc(C(N)=O)c2)c1)C(=O)O. The van der Waals surface area contributed by atoms with Crippen molar-refractivity contribution in [2.24, 2.45) is 11.1 Å². The van der Waals surface area contributed by atoms with Crippen LogP contribution >= 0.6 is 0 Å². The van der Waals surface area contributed by atoms with Crippen LogP contribution in [0.3, 0.4) is 0 Å². The summed E-state index contributed by atoms with van der Waals surface area (Å²) in [5, 5.41) is 9.67. The Labute approximate surface area is 193 Å². The average molecular weight is 470 g/mol. The molecular formula is C24H27N3O5S. The van der Waals surface area contributed by atoms with E-state index in [9.17, 15) is 23.1 Å². The summed E-state index contributed by atoms with van der Waals surface area (Å²) in [6, 6.07) is 16.1. The molecule has 0 aliphatic heterocycles. The normalized spacial score (nSPS) is 11.8. The lowest BCUT2D eigenvalue weighted by atomic mass is 9.96. The van der Waals surface area contributed by atoms with E-state index in [1.165, 1.54) is 35.4 Å². The molecule has 3 N–H and O–H groups in total. The van der Waals surface area contributed by atoms with Gasteiger partial charge >= 0.3 is 6.09 Å². The van der Waals surface area contributed by atoms with E-state index in [1.807, 2.05) is 26.8 Å². The van der Waals surface area contributed by atoms with Crippen molar-refractivity contribution >= 4 is 22.0 Å². The summed E-state index contributed by atoms with van der Waals surface area (Å²) in [6.07, 6.45) is 0.337. The quantitative estimate of drug-likeness (QED) is 0.541. The molecule has 8 nitrogen and oxygen atoms in total. The van der Waals surface area contributed by atoms with Gasteiger partial charge in [0.05, 0.1) is 17.1 Å². The molecule has 0 fully saturated rings. The van der Waals surface area contributed by atoms with Gasteiger partial charge in [-0.3, -0.25) is 4.79 Å². The van der Waals surface area contributed by atoms with Crippen LogP contribution in [0, 0.1) is 5.41 Å². The molecule has 0 radical (unpaired) electrons. The van der Waals surface area contributed by atoms with Gasteiger partial charge in [-0.05, 0) is 40.8 Å². The molecule has 0 aliphatic rings. The van der Waals surface area contributed by atoms with Crippen LogP contribution in [0.4, 0.5) is 4.79 Å². The second-order valence-electron chi connectivity index (χ2n) is 8.99. The number of rotatable bonds is 7. The van der Waals surface area contributed by atoms with Crippen LogP contribution in [0.25, 0.3) is 11.3 Å². The minimum atomic E-state index is -4.10. The molecule has 0 saturated carbocycles. The molecule has 0 spiro atoms. The number of hydrogen-bond acceptors (Lipinski definition) is 4. The number of carbonyl (C=O) groups is 2. The van der Waals surface area contributed by atoms with Crippen molar-refractivity contribution in [3.05, 3.63) is 78.0 Å². The standard InChI is InChI=1S/C24H27N3O5S/c1-24(2,3)16-26(23(29)30)14-17-12-21(18-8-5-4-6-9-18)27(15-17)33(31,32)20-11-7-10-19(13-20)22(25)28/h4-13,15H,14,16H2,1-3H3,(H2,25,28)(H,29,30). The number of nitrogens with zero attached hydrogens (tertiary/aromatic N) is 2. The second-order valence-corrected chi connectivity index (χ2v) is 10.8. The highest BCUT2D eigenvalue weighted by molar-refractivity contribution is 7.90. The largest absolute Gasteiger partial charge is 0.465 e. The second kappa shape index (κ2) is 9.11. The summed E-state index contributed by atoms with van der Waals surface area (Å²) >= 11 is 0. The lowest BCUT2D eigenvalue weighted by molar-refractivity contribution is 0.1000. The highest BCUT2D eigenvalue weighted by Crippen LogP contribution is 2.28. The first-order valence-electron chi connectivity index (χ1n) is 10.3. The number of carboxylic acid groups (broad SMARTS) is 1. The fourth-order valence-electron chi connectivity index (χ4n) is 3.51. The Hall–Kier alpha value is -3.59. The lowest BCUT2D eigenvalue weighted by Crippen LogP contribution is -2.36. The number of carbonyl (C=O) groups excluding carboxylic acids is 1. The van der Waals surface area contributed by atoms with Crippen LogP contribution < -0.4 is 5.73 Å². The van der Waals surface area contributed by atoms with E-state index in [0.29, 0.717) is 16.8 Å². The van der Waals surface area contributed by atoms with Crippen molar-refractivity contribution in [1.82, 2.24) is 8.87 Å². The van der Waals surface area contributed by atoms with Crippen molar-refractivity contribution in [2.75, 3.05) is 6.54 Å². The van der Waals surface area contributed by atoms with Crippen LogP contribution in [0.15, 0.2) is 71.8 Å². The Morgan fingerprint density at radius 3 is 2.27 bits per heavy atom. The zero-order valence-electron chi connectivity index (χ0n) is 18.7. The maximum atomic E-state index is 13.5. The zero-order chi connectivity index (χ0) is 24.4. The fourth-order valence-corrected chi connectivity index (χ4v) is 4.95. The number of nitrogens with two attached hydrogens (primary N) is 1. The van der Waals surface area contributed by atoms with Crippen LogP contribution in [-0.2, 0) is 16.6 Å². The molecule has 33 heavy (non-hydrogen) atoms. The summed E-state index contributed by atoms with van der Waals surface area (Å²) in [7, 11) is -4.10. The number of aromatic nitrogens is 1. The van der Waals surface area contributed by atoms with E-state index in [0.717, 1.165) is 3.97 Å². The highest BCUT2D eigenvalue weighted by atomic mass is 32.2. The third-order valence-electron chi connectivity index (χ3n) is 4.90. The van der Waals surface area contributed by atoms with Gasteiger partial charge in [-0.25, -0.2) is 17.2 Å². The van der Waals surface area contributed by atoms with Crippen molar-refractivity contribution in [1.29, 1.82) is 0 Å². The molecule has 9 heteroatoms. The Balaban J connectivity index is 2.12. The molecule has 1 aromatic heterocycles. The molecule has 0 atom stereocenters. The van der Waals surface area contributed by atoms with E-state index in [1.54, 1.807) is 30.3 Å². The van der Waals surface area contributed by atoms with Gasteiger partial charge in [0.15, 0.2) is 0 Å². The summed E-state index contributed by atoms with van der Waals surface area (Å²) in [6.45, 7) is 6.09. The Kier molecular flexibility index (Phi) is 6.64.